The number of halogens is 2. The van der Waals surface area contributed by atoms with E-state index < -0.39 is 24.0 Å². The number of rotatable bonds is 6. The molecule has 0 fully saturated rings. The van der Waals surface area contributed by atoms with Gasteiger partial charge in [0, 0.05) is 16.1 Å². The summed E-state index contributed by atoms with van der Waals surface area (Å²) in [4.78, 5) is 24.4. The molecule has 1 aromatic heterocycles. The molecule has 0 radical (unpaired) electrons. The van der Waals surface area contributed by atoms with E-state index >= 15 is 0 Å². The Labute approximate surface area is 166 Å². The van der Waals surface area contributed by atoms with E-state index in [0.29, 0.717) is 21.4 Å². The lowest BCUT2D eigenvalue weighted by molar-refractivity contribution is -0.151. The number of nitriles is 1. The number of nitrogens with one attached hydrogen (secondary N) is 1. The first-order chi connectivity index (χ1) is 12.8. The zero-order valence-corrected chi connectivity index (χ0v) is 16.0. The number of hydrogen-bond donors (Lipinski definition) is 1. The van der Waals surface area contributed by atoms with Gasteiger partial charge in [-0.05, 0) is 43.7 Å². The van der Waals surface area contributed by atoms with Gasteiger partial charge in [-0.15, -0.1) is 0 Å². The first-order valence-corrected chi connectivity index (χ1v) is 8.69. The molecule has 140 valence electrons. The maximum Gasteiger partial charge on any atom is 0.349 e. The summed E-state index contributed by atoms with van der Waals surface area (Å²) in [6, 6.07) is 9.43. The van der Waals surface area contributed by atoms with Crippen LogP contribution in [0.1, 0.15) is 31.2 Å². The van der Waals surface area contributed by atoms with Crippen LogP contribution >= 0.6 is 23.2 Å². The molecule has 0 spiro atoms. The first kappa shape index (κ1) is 20.6. The predicted molar refractivity (Wildman–Crippen MR) is 101 cm³/mol. The molecule has 0 aliphatic carbocycles. The number of benzene rings is 1. The topological polar surface area (TPSA) is 92.3 Å². The molecule has 1 heterocycles. The van der Waals surface area contributed by atoms with Gasteiger partial charge in [-0.1, -0.05) is 29.3 Å². The lowest BCUT2D eigenvalue weighted by Gasteiger charge is -2.19. The largest absolute Gasteiger partial charge is 0.465 e. The standard InChI is InChI=1S/C19H16Cl2N2O4/c1-11(16-6-5-14(20)9-17(16)21)23-18(24)12(2)27-19(25)13(10-22)8-15-4-3-7-26-15/h3-9,11-12H,1-2H3,(H,23,24)/b13-8+/t11-,12+/m0/s1. The van der Waals surface area contributed by atoms with Gasteiger partial charge >= 0.3 is 5.97 Å². The smallest absolute Gasteiger partial charge is 0.349 e. The zero-order valence-electron chi connectivity index (χ0n) is 14.5. The van der Waals surface area contributed by atoms with Crippen LogP contribution in [-0.2, 0) is 14.3 Å². The molecule has 27 heavy (non-hydrogen) atoms. The Bertz CT molecular complexity index is 901. The Hall–Kier alpha value is -2.75. The van der Waals surface area contributed by atoms with Crippen molar-refractivity contribution in [2.45, 2.75) is 26.0 Å². The van der Waals surface area contributed by atoms with Gasteiger partial charge in [0.15, 0.2) is 6.10 Å². The van der Waals surface area contributed by atoms with Gasteiger partial charge in [-0.25, -0.2) is 4.79 Å². The molecule has 1 aromatic carbocycles. The molecule has 0 saturated heterocycles. The van der Waals surface area contributed by atoms with Gasteiger partial charge in [-0.2, -0.15) is 5.26 Å². The van der Waals surface area contributed by atoms with Gasteiger partial charge in [0.2, 0.25) is 0 Å². The van der Waals surface area contributed by atoms with E-state index in [0.717, 1.165) is 0 Å². The van der Waals surface area contributed by atoms with Crippen LogP contribution < -0.4 is 5.32 Å². The van der Waals surface area contributed by atoms with E-state index in [-0.39, 0.29) is 5.57 Å². The molecule has 0 saturated carbocycles. The number of carbonyl (C=O) groups is 2. The third-order valence-electron chi connectivity index (χ3n) is 3.61. The number of nitrogens with zero attached hydrogens (tertiary/aromatic N) is 1. The van der Waals surface area contributed by atoms with Crippen LogP contribution in [-0.4, -0.2) is 18.0 Å². The molecule has 2 atom stereocenters. The average molecular weight is 407 g/mol. The van der Waals surface area contributed by atoms with Crippen molar-refractivity contribution in [2.24, 2.45) is 0 Å². The molecule has 1 amide bonds. The number of furan rings is 1. The maximum atomic E-state index is 12.3. The first-order valence-electron chi connectivity index (χ1n) is 7.93. The lowest BCUT2D eigenvalue weighted by Crippen LogP contribution is -2.37. The van der Waals surface area contributed by atoms with E-state index in [1.807, 2.05) is 0 Å². The molecule has 2 aromatic rings. The van der Waals surface area contributed by atoms with Crippen LogP contribution in [0.15, 0.2) is 46.6 Å². The summed E-state index contributed by atoms with van der Waals surface area (Å²) in [7, 11) is 0. The highest BCUT2D eigenvalue weighted by Gasteiger charge is 2.23. The summed E-state index contributed by atoms with van der Waals surface area (Å²) in [6.07, 6.45) is 1.54. The minimum atomic E-state index is -1.11. The van der Waals surface area contributed by atoms with Crippen LogP contribution in [0.3, 0.4) is 0 Å². The fraction of sp³-hybridized carbons (Fsp3) is 0.211. The Morgan fingerprint density at radius 2 is 2.04 bits per heavy atom. The third-order valence-corrected chi connectivity index (χ3v) is 4.17. The van der Waals surface area contributed by atoms with Crippen LogP contribution in [0.5, 0.6) is 0 Å². The molecule has 0 unspecified atom stereocenters. The van der Waals surface area contributed by atoms with Crippen molar-refractivity contribution in [1.29, 1.82) is 5.26 Å². The third kappa shape index (κ3) is 5.61. The van der Waals surface area contributed by atoms with Gasteiger partial charge in [0.05, 0.1) is 12.3 Å². The summed E-state index contributed by atoms with van der Waals surface area (Å²) < 4.78 is 10.1. The van der Waals surface area contributed by atoms with Gasteiger partial charge in [-0.3, -0.25) is 4.79 Å². The second kappa shape index (κ2) is 9.26. The van der Waals surface area contributed by atoms with Crippen molar-refractivity contribution in [1.82, 2.24) is 5.32 Å². The predicted octanol–water partition coefficient (Wildman–Crippen LogP) is 4.30. The van der Waals surface area contributed by atoms with E-state index in [9.17, 15) is 9.59 Å². The van der Waals surface area contributed by atoms with E-state index in [1.54, 1.807) is 43.3 Å². The molecule has 1 N–H and O–H groups in total. The number of hydrogen-bond acceptors (Lipinski definition) is 5. The van der Waals surface area contributed by atoms with Gasteiger partial charge < -0.3 is 14.5 Å². The lowest BCUT2D eigenvalue weighted by atomic mass is 10.1. The Balaban J connectivity index is 2.00. The second-order valence-electron chi connectivity index (χ2n) is 5.63. The molecule has 0 aliphatic heterocycles. The Kier molecular flexibility index (Phi) is 7.05. The summed E-state index contributed by atoms with van der Waals surface area (Å²) in [5.41, 5.74) is 0.391. The molecule has 2 rings (SSSR count). The zero-order chi connectivity index (χ0) is 20.0. The average Bonchev–Trinajstić information content (AvgIpc) is 3.12. The minimum Gasteiger partial charge on any atom is -0.465 e. The van der Waals surface area contributed by atoms with Crippen molar-refractivity contribution >= 4 is 41.2 Å². The fourth-order valence-electron chi connectivity index (χ4n) is 2.19. The Morgan fingerprint density at radius 3 is 2.63 bits per heavy atom. The fourth-order valence-corrected chi connectivity index (χ4v) is 2.76. The summed E-state index contributed by atoms with van der Waals surface area (Å²) in [5, 5.41) is 12.7. The Morgan fingerprint density at radius 1 is 1.30 bits per heavy atom. The number of carbonyl (C=O) groups excluding carboxylic acids is 2. The number of ether oxygens (including phenoxy) is 1. The van der Waals surface area contributed by atoms with Crippen LogP contribution in [0, 0.1) is 11.3 Å². The minimum absolute atomic E-state index is 0.279. The molecule has 6 nitrogen and oxygen atoms in total. The van der Waals surface area contributed by atoms with Crippen molar-refractivity contribution < 1.29 is 18.7 Å². The summed E-state index contributed by atoms with van der Waals surface area (Å²) >= 11 is 12.0. The molecule has 8 heteroatoms. The number of esters is 1. The highest BCUT2D eigenvalue weighted by atomic mass is 35.5. The maximum absolute atomic E-state index is 12.3. The van der Waals surface area contributed by atoms with E-state index in [4.69, 9.17) is 37.6 Å². The normalized spacial score (nSPS) is 13.4. The van der Waals surface area contributed by atoms with Crippen LogP contribution in [0.2, 0.25) is 10.0 Å². The van der Waals surface area contributed by atoms with E-state index in [1.165, 1.54) is 19.3 Å². The monoisotopic (exact) mass is 406 g/mol. The molecule has 0 bridgehead atoms. The molecular weight excluding hydrogens is 391 g/mol. The summed E-state index contributed by atoms with van der Waals surface area (Å²) in [6.45, 7) is 3.14. The van der Waals surface area contributed by atoms with Crippen molar-refractivity contribution in [3.8, 4) is 6.07 Å². The van der Waals surface area contributed by atoms with E-state index in [2.05, 4.69) is 5.32 Å². The van der Waals surface area contributed by atoms with Crippen molar-refractivity contribution in [3.05, 3.63) is 63.5 Å². The molecule has 0 aliphatic rings. The summed E-state index contributed by atoms with van der Waals surface area (Å²) in [5.74, 6) is -1.13. The van der Waals surface area contributed by atoms with Crippen molar-refractivity contribution in [3.63, 3.8) is 0 Å². The van der Waals surface area contributed by atoms with Crippen LogP contribution in [0.25, 0.3) is 6.08 Å². The number of amides is 1. The van der Waals surface area contributed by atoms with Crippen molar-refractivity contribution in [2.75, 3.05) is 0 Å². The quantitative estimate of drug-likeness (QED) is 0.438. The van der Waals surface area contributed by atoms with Gasteiger partial charge in [0.25, 0.3) is 5.91 Å². The highest BCUT2D eigenvalue weighted by molar-refractivity contribution is 6.35. The second-order valence-corrected chi connectivity index (χ2v) is 6.47. The SMILES string of the molecule is C[C@H](NC(=O)[C@@H](C)OC(=O)/C(C#N)=C/c1ccco1)c1ccc(Cl)cc1Cl. The van der Waals surface area contributed by atoms with Crippen LogP contribution in [0.4, 0.5) is 0 Å². The molecular formula is C19H16Cl2N2O4. The highest BCUT2D eigenvalue weighted by Crippen LogP contribution is 2.26. The van der Waals surface area contributed by atoms with Gasteiger partial charge in [0.1, 0.15) is 17.4 Å².